The normalized spacial score (nSPS) is 35.3. The molecule has 2 rings (SSSR count). The third-order valence-electron chi connectivity index (χ3n) is 4.24. The molecule has 0 aliphatic carbocycles. The summed E-state index contributed by atoms with van der Waals surface area (Å²) in [5.74, 6) is 0. The number of nitrogens with two attached hydrogens (primary N) is 1. The quantitative estimate of drug-likeness (QED) is 0.744. The van der Waals surface area contributed by atoms with Gasteiger partial charge in [0.05, 0.1) is 6.61 Å². The Morgan fingerprint density at radius 1 is 1.35 bits per heavy atom. The zero-order chi connectivity index (χ0) is 12.5. The molecule has 0 radical (unpaired) electrons. The second kappa shape index (κ2) is 5.22. The summed E-state index contributed by atoms with van der Waals surface area (Å²) >= 11 is 0. The molecular formula is C13H27N3O. The molecule has 3 atom stereocenters. The number of piperazine rings is 1. The van der Waals surface area contributed by atoms with Gasteiger partial charge in [-0.25, -0.2) is 0 Å². The van der Waals surface area contributed by atoms with Crippen LogP contribution in [-0.2, 0) is 0 Å². The number of aliphatic hydroxyl groups excluding tert-OH is 1. The molecule has 0 amide bonds. The predicted molar refractivity (Wildman–Crippen MR) is 69.9 cm³/mol. The van der Waals surface area contributed by atoms with Gasteiger partial charge in [0, 0.05) is 37.3 Å². The molecule has 0 saturated carbocycles. The summed E-state index contributed by atoms with van der Waals surface area (Å²) < 4.78 is 0. The van der Waals surface area contributed by atoms with Crippen molar-refractivity contribution in [2.24, 2.45) is 5.73 Å². The summed E-state index contributed by atoms with van der Waals surface area (Å²) in [6, 6.07) is 1.27. The number of rotatable bonds is 3. The van der Waals surface area contributed by atoms with E-state index in [9.17, 15) is 5.11 Å². The Hall–Kier alpha value is -0.160. The van der Waals surface area contributed by atoms with Crippen LogP contribution in [0.3, 0.4) is 0 Å². The Morgan fingerprint density at radius 2 is 2.12 bits per heavy atom. The highest BCUT2D eigenvalue weighted by atomic mass is 16.3. The summed E-state index contributed by atoms with van der Waals surface area (Å²) in [6.45, 7) is 8.62. The fourth-order valence-corrected chi connectivity index (χ4v) is 3.15. The number of fused-ring (bicyclic) bond motifs is 1. The number of aliphatic hydroxyl groups is 1. The van der Waals surface area contributed by atoms with E-state index < -0.39 is 5.54 Å². The van der Waals surface area contributed by atoms with Gasteiger partial charge in [0.2, 0.25) is 0 Å². The Morgan fingerprint density at radius 3 is 2.82 bits per heavy atom. The highest BCUT2D eigenvalue weighted by Crippen LogP contribution is 2.24. The van der Waals surface area contributed by atoms with E-state index in [-0.39, 0.29) is 6.61 Å². The van der Waals surface area contributed by atoms with Crippen molar-refractivity contribution in [2.75, 3.05) is 32.8 Å². The molecule has 3 unspecified atom stereocenters. The van der Waals surface area contributed by atoms with Crippen LogP contribution in [0.25, 0.3) is 0 Å². The summed E-state index contributed by atoms with van der Waals surface area (Å²) in [5.41, 5.74) is 5.60. The lowest BCUT2D eigenvalue weighted by Gasteiger charge is -2.49. The molecule has 0 aromatic carbocycles. The first-order chi connectivity index (χ1) is 8.02. The summed E-state index contributed by atoms with van der Waals surface area (Å²) in [4.78, 5) is 5.10. The topological polar surface area (TPSA) is 52.7 Å². The lowest BCUT2D eigenvalue weighted by atomic mass is 9.95. The second-order valence-electron chi connectivity index (χ2n) is 6.24. The van der Waals surface area contributed by atoms with Crippen LogP contribution < -0.4 is 5.73 Å². The van der Waals surface area contributed by atoms with Gasteiger partial charge in [0.15, 0.2) is 0 Å². The zero-order valence-corrected chi connectivity index (χ0v) is 11.2. The fourth-order valence-electron chi connectivity index (χ4n) is 3.15. The SMILES string of the molecule is CC1CN2CCCCC2CN1CC(C)(N)CO. The standard InChI is InChI=1S/C13H27N3O/c1-11-7-15-6-4-3-5-12(15)8-16(11)9-13(2,14)10-17/h11-12,17H,3-10,14H2,1-2H3. The maximum atomic E-state index is 9.28. The van der Waals surface area contributed by atoms with Crippen LogP contribution in [0.2, 0.25) is 0 Å². The van der Waals surface area contributed by atoms with Crippen LogP contribution in [0, 0.1) is 0 Å². The number of hydrogen-bond donors (Lipinski definition) is 2. The molecule has 2 heterocycles. The van der Waals surface area contributed by atoms with Crippen molar-refractivity contribution in [3.05, 3.63) is 0 Å². The smallest absolute Gasteiger partial charge is 0.0621 e. The first-order valence-corrected chi connectivity index (χ1v) is 6.90. The van der Waals surface area contributed by atoms with E-state index in [1.165, 1.54) is 25.8 Å². The maximum Gasteiger partial charge on any atom is 0.0621 e. The van der Waals surface area contributed by atoms with Gasteiger partial charge in [-0.05, 0) is 33.2 Å². The van der Waals surface area contributed by atoms with Gasteiger partial charge in [0.1, 0.15) is 0 Å². The molecule has 0 spiro atoms. The monoisotopic (exact) mass is 241 g/mol. The Kier molecular flexibility index (Phi) is 4.08. The molecule has 2 saturated heterocycles. The molecule has 0 aromatic heterocycles. The largest absolute Gasteiger partial charge is 0.394 e. The third-order valence-corrected chi connectivity index (χ3v) is 4.24. The average molecular weight is 241 g/mol. The van der Waals surface area contributed by atoms with Gasteiger partial charge in [-0.2, -0.15) is 0 Å². The van der Waals surface area contributed by atoms with Crippen molar-refractivity contribution in [1.82, 2.24) is 9.80 Å². The van der Waals surface area contributed by atoms with E-state index >= 15 is 0 Å². The Balaban J connectivity index is 1.95. The fraction of sp³-hybridized carbons (Fsp3) is 1.00. The second-order valence-corrected chi connectivity index (χ2v) is 6.24. The van der Waals surface area contributed by atoms with Gasteiger partial charge < -0.3 is 10.8 Å². The van der Waals surface area contributed by atoms with Crippen molar-refractivity contribution in [3.8, 4) is 0 Å². The number of hydrogen-bond acceptors (Lipinski definition) is 4. The predicted octanol–water partition coefficient (Wildman–Crippen LogP) is 0.255. The Labute approximate surface area is 105 Å². The maximum absolute atomic E-state index is 9.28. The van der Waals surface area contributed by atoms with Crippen molar-refractivity contribution in [1.29, 1.82) is 0 Å². The highest BCUT2D eigenvalue weighted by Gasteiger charge is 2.35. The molecule has 2 aliphatic rings. The molecule has 2 aliphatic heterocycles. The summed E-state index contributed by atoms with van der Waals surface area (Å²) in [6.07, 6.45) is 4.04. The number of piperidine rings is 1. The van der Waals surface area contributed by atoms with E-state index in [1.807, 2.05) is 6.92 Å². The van der Waals surface area contributed by atoms with Crippen molar-refractivity contribution < 1.29 is 5.11 Å². The molecule has 100 valence electrons. The first kappa shape index (κ1) is 13.3. The lowest BCUT2D eigenvalue weighted by Crippen LogP contribution is -2.62. The van der Waals surface area contributed by atoms with E-state index in [0.717, 1.165) is 25.7 Å². The van der Waals surface area contributed by atoms with Crippen LogP contribution in [-0.4, -0.2) is 65.3 Å². The Bertz CT molecular complexity index is 257. The number of nitrogens with zero attached hydrogens (tertiary/aromatic N) is 2. The van der Waals surface area contributed by atoms with Crippen LogP contribution in [0.1, 0.15) is 33.1 Å². The van der Waals surface area contributed by atoms with Crippen LogP contribution in [0.4, 0.5) is 0 Å². The average Bonchev–Trinajstić information content (AvgIpc) is 2.30. The molecule has 4 heteroatoms. The molecule has 0 aromatic rings. The van der Waals surface area contributed by atoms with Gasteiger partial charge in [0.25, 0.3) is 0 Å². The van der Waals surface area contributed by atoms with Gasteiger partial charge in [-0.15, -0.1) is 0 Å². The van der Waals surface area contributed by atoms with E-state index in [0.29, 0.717) is 6.04 Å². The van der Waals surface area contributed by atoms with E-state index in [1.54, 1.807) is 0 Å². The molecule has 3 N–H and O–H groups in total. The lowest BCUT2D eigenvalue weighted by molar-refractivity contribution is 0.000595. The third kappa shape index (κ3) is 3.19. The first-order valence-electron chi connectivity index (χ1n) is 6.90. The molecule has 17 heavy (non-hydrogen) atoms. The minimum absolute atomic E-state index is 0.0601. The van der Waals surface area contributed by atoms with Crippen LogP contribution in [0.5, 0.6) is 0 Å². The molecule has 0 bridgehead atoms. The minimum Gasteiger partial charge on any atom is -0.394 e. The van der Waals surface area contributed by atoms with Crippen molar-refractivity contribution in [2.45, 2.75) is 50.7 Å². The van der Waals surface area contributed by atoms with Gasteiger partial charge in [-0.1, -0.05) is 6.42 Å². The highest BCUT2D eigenvalue weighted by molar-refractivity contribution is 4.92. The summed E-state index contributed by atoms with van der Waals surface area (Å²) in [5, 5.41) is 9.28. The zero-order valence-electron chi connectivity index (χ0n) is 11.2. The molecule has 2 fully saturated rings. The van der Waals surface area contributed by atoms with Crippen molar-refractivity contribution in [3.63, 3.8) is 0 Å². The van der Waals surface area contributed by atoms with Gasteiger partial charge >= 0.3 is 0 Å². The van der Waals surface area contributed by atoms with Crippen LogP contribution >= 0.6 is 0 Å². The molecular weight excluding hydrogens is 214 g/mol. The van der Waals surface area contributed by atoms with E-state index in [2.05, 4.69) is 16.7 Å². The molecule has 4 nitrogen and oxygen atoms in total. The summed E-state index contributed by atoms with van der Waals surface area (Å²) in [7, 11) is 0. The van der Waals surface area contributed by atoms with E-state index in [4.69, 9.17) is 5.73 Å². The van der Waals surface area contributed by atoms with Gasteiger partial charge in [-0.3, -0.25) is 9.80 Å². The minimum atomic E-state index is -0.467. The van der Waals surface area contributed by atoms with Crippen molar-refractivity contribution >= 4 is 0 Å². The van der Waals surface area contributed by atoms with Crippen LogP contribution in [0.15, 0.2) is 0 Å².